The Hall–Kier alpha value is -1.84. The van der Waals surface area contributed by atoms with Crippen LogP contribution in [-0.4, -0.2) is 60.5 Å². The van der Waals surface area contributed by atoms with E-state index >= 15 is 0 Å². The number of carbonyl (C=O) groups is 2. The maximum absolute atomic E-state index is 13.9. The zero-order chi connectivity index (χ0) is 16.0. The monoisotopic (exact) mass is 318 g/mol. The number of rotatable bonds is 7. The SMILES string of the molecule is COC(OC)C(C(=O)O)N(C)C(=O)/C(F)=C/c1cscn1. The Labute approximate surface area is 124 Å². The third-order valence-corrected chi connectivity index (χ3v) is 3.25. The van der Waals surface area contributed by atoms with E-state index in [2.05, 4.69) is 4.98 Å². The van der Waals surface area contributed by atoms with Crippen LogP contribution in [0.4, 0.5) is 4.39 Å². The highest BCUT2D eigenvalue weighted by Crippen LogP contribution is 2.15. The average molecular weight is 318 g/mol. The zero-order valence-electron chi connectivity index (χ0n) is 11.6. The molecule has 0 aromatic carbocycles. The fourth-order valence-corrected chi connectivity index (χ4v) is 2.11. The van der Waals surface area contributed by atoms with Crippen LogP contribution in [0.2, 0.25) is 0 Å². The van der Waals surface area contributed by atoms with Gasteiger partial charge in [-0.25, -0.2) is 14.2 Å². The predicted octanol–water partition coefficient (Wildman–Crippen LogP) is 0.984. The molecule has 0 radical (unpaired) electrons. The van der Waals surface area contributed by atoms with Crippen molar-refractivity contribution in [3.63, 3.8) is 0 Å². The highest BCUT2D eigenvalue weighted by molar-refractivity contribution is 7.07. The molecule has 0 aliphatic heterocycles. The van der Waals surface area contributed by atoms with E-state index in [0.717, 1.165) is 13.1 Å². The summed E-state index contributed by atoms with van der Waals surface area (Å²) in [6.07, 6.45) is -0.286. The van der Waals surface area contributed by atoms with Gasteiger partial charge in [0.15, 0.2) is 18.2 Å². The smallest absolute Gasteiger partial charge is 0.331 e. The molecule has 7 nitrogen and oxygen atoms in total. The molecule has 0 fully saturated rings. The van der Waals surface area contributed by atoms with Gasteiger partial charge in [-0.2, -0.15) is 0 Å². The molecule has 0 saturated carbocycles. The van der Waals surface area contributed by atoms with Gasteiger partial charge in [0.1, 0.15) is 0 Å². The normalized spacial score (nSPS) is 13.3. The zero-order valence-corrected chi connectivity index (χ0v) is 12.5. The van der Waals surface area contributed by atoms with E-state index in [1.54, 1.807) is 5.38 Å². The Morgan fingerprint density at radius 1 is 1.48 bits per heavy atom. The Morgan fingerprint density at radius 3 is 2.52 bits per heavy atom. The fraction of sp³-hybridized carbons (Fsp3) is 0.417. The maximum atomic E-state index is 13.9. The number of hydrogen-bond acceptors (Lipinski definition) is 6. The number of methoxy groups -OCH3 is 2. The van der Waals surface area contributed by atoms with Gasteiger partial charge in [0, 0.05) is 32.7 Å². The first-order valence-electron chi connectivity index (χ1n) is 5.73. The number of nitrogens with zero attached hydrogens (tertiary/aromatic N) is 2. The van der Waals surface area contributed by atoms with Gasteiger partial charge >= 0.3 is 5.97 Å². The third-order valence-electron chi connectivity index (χ3n) is 2.64. The minimum Gasteiger partial charge on any atom is -0.480 e. The van der Waals surface area contributed by atoms with E-state index in [9.17, 15) is 14.0 Å². The molecule has 1 amide bonds. The van der Waals surface area contributed by atoms with Crippen molar-refractivity contribution in [1.29, 1.82) is 0 Å². The van der Waals surface area contributed by atoms with Crippen molar-refractivity contribution in [2.45, 2.75) is 12.3 Å². The van der Waals surface area contributed by atoms with Crippen molar-refractivity contribution in [2.75, 3.05) is 21.3 Å². The lowest BCUT2D eigenvalue weighted by Gasteiger charge is -2.29. The van der Waals surface area contributed by atoms with Crippen LogP contribution in [0.15, 0.2) is 16.7 Å². The van der Waals surface area contributed by atoms with Gasteiger partial charge in [0.05, 0.1) is 11.2 Å². The van der Waals surface area contributed by atoms with Crippen LogP contribution >= 0.6 is 11.3 Å². The largest absolute Gasteiger partial charge is 0.480 e. The van der Waals surface area contributed by atoms with Crippen molar-refractivity contribution in [3.05, 3.63) is 22.4 Å². The van der Waals surface area contributed by atoms with Crippen LogP contribution in [0.1, 0.15) is 5.69 Å². The molecule has 1 aromatic rings. The number of carboxylic acids is 1. The van der Waals surface area contributed by atoms with Crippen LogP contribution < -0.4 is 0 Å². The Kier molecular flexibility index (Phi) is 6.40. The summed E-state index contributed by atoms with van der Waals surface area (Å²) in [5, 5.41) is 10.7. The molecule has 0 saturated heterocycles. The van der Waals surface area contributed by atoms with Crippen LogP contribution in [0.25, 0.3) is 6.08 Å². The van der Waals surface area contributed by atoms with Crippen LogP contribution in [0, 0.1) is 0 Å². The van der Waals surface area contributed by atoms with Gasteiger partial charge in [0.2, 0.25) is 0 Å². The second kappa shape index (κ2) is 7.81. The Morgan fingerprint density at radius 2 is 2.10 bits per heavy atom. The van der Waals surface area contributed by atoms with E-state index < -0.39 is 30.0 Å². The van der Waals surface area contributed by atoms with Gasteiger partial charge in [0.25, 0.3) is 5.91 Å². The number of hydrogen-bond donors (Lipinski definition) is 1. The second-order valence-electron chi connectivity index (χ2n) is 3.94. The van der Waals surface area contributed by atoms with Gasteiger partial charge in [-0.15, -0.1) is 11.3 Å². The molecule has 1 unspecified atom stereocenters. The molecule has 0 aliphatic rings. The van der Waals surface area contributed by atoms with Gasteiger partial charge in [-0.1, -0.05) is 0 Å². The number of likely N-dealkylation sites (N-methyl/N-ethyl adjacent to an activating group) is 1. The van der Waals surface area contributed by atoms with E-state index in [1.807, 2.05) is 0 Å². The highest BCUT2D eigenvalue weighted by Gasteiger charge is 2.36. The standard InChI is InChI=1S/C12H15FN2O5S/c1-15(9(11(17)18)12(19-2)20-3)10(16)8(13)4-7-5-21-6-14-7/h4-6,9,12H,1-3H3,(H,17,18)/b8-4-. The lowest BCUT2D eigenvalue weighted by atomic mass is 10.2. The average Bonchev–Trinajstić information content (AvgIpc) is 2.95. The second-order valence-corrected chi connectivity index (χ2v) is 4.66. The number of carboxylic acid groups (broad SMARTS) is 1. The van der Waals surface area contributed by atoms with Crippen LogP contribution in [-0.2, 0) is 19.1 Å². The molecule has 1 atom stereocenters. The number of carbonyl (C=O) groups excluding carboxylic acids is 1. The lowest BCUT2D eigenvalue weighted by Crippen LogP contribution is -2.51. The molecular weight excluding hydrogens is 303 g/mol. The molecule has 116 valence electrons. The Balaban J connectivity index is 2.95. The molecule has 1 rings (SSSR count). The summed E-state index contributed by atoms with van der Waals surface area (Å²) in [6, 6.07) is -1.48. The fourth-order valence-electron chi connectivity index (χ4n) is 1.60. The number of aromatic nitrogens is 1. The first kappa shape index (κ1) is 17.2. The van der Waals surface area contributed by atoms with Crippen molar-refractivity contribution >= 4 is 29.3 Å². The maximum Gasteiger partial charge on any atom is 0.331 e. The van der Waals surface area contributed by atoms with Crippen LogP contribution in [0.5, 0.6) is 0 Å². The molecular formula is C12H15FN2O5S. The summed E-state index contributed by atoms with van der Waals surface area (Å²) in [6.45, 7) is 0. The van der Waals surface area contributed by atoms with E-state index in [1.165, 1.54) is 31.1 Å². The quantitative estimate of drug-likeness (QED) is 0.595. The highest BCUT2D eigenvalue weighted by atomic mass is 32.1. The molecule has 21 heavy (non-hydrogen) atoms. The van der Waals surface area contributed by atoms with Crippen molar-refractivity contribution in [3.8, 4) is 0 Å². The van der Waals surface area contributed by atoms with Crippen molar-refractivity contribution < 1.29 is 28.6 Å². The topological polar surface area (TPSA) is 89.0 Å². The molecule has 9 heteroatoms. The van der Waals surface area contributed by atoms with Gasteiger partial charge < -0.3 is 19.5 Å². The lowest BCUT2D eigenvalue weighted by molar-refractivity contribution is -0.178. The summed E-state index contributed by atoms with van der Waals surface area (Å²) in [4.78, 5) is 27.7. The molecule has 1 N–H and O–H groups in total. The molecule has 1 heterocycles. The number of amides is 1. The number of halogens is 1. The minimum atomic E-state index is -1.48. The number of aliphatic carboxylic acids is 1. The summed E-state index contributed by atoms with van der Waals surface area (Å²) in [5.74, 6) is -3.60. The third kappa shape index (κ3) is 4.31. The Bertz CT molecular complexity index is 516. The molecule has 0 bridgehead atoms. The van der Waals surface area contributed by atoms with Gasteiger partial charge in [-0.3, -0.25) is 4.79 Å². The van der Waals surface area contributed by atoms with E-state index in [0.29, 0.717) is 4.90 Å². The number of thiazole rings is 1. The first-order chi connectivity index (χ1) is 9.92. The number of ether oxygens (including phenoxy) is 2. The first-order valence-corrected chi connectivity index (χ1v) is 6.67. The summed E-state index contributed by atoms with van der Waals surface area (Å²) >= 11 is 1.24. The van der Waals surface area contributed by atoms with Crippen molar-refractivity contribution in [2.24, 2.45) is 0 Å². The van der Waals surface area contributed by atoms with E-state index in [-0.39, 0.29) is 5.69 Å². The van der Waals surface area contributed by atoms with Crippen molar-refractivity contribution in [1.82, 2.24) is 9.88 Å². The predicted molar refractivity (Wildman–Crippen MR) is 73.2 cm³/mol. The van der Waals surface area contributed by atoms with Crippen LogP contribution in [0.3, 0.4) is 0 Å². The molecule has 0 spiro atoms. The molecule has 1 aromatic heterocycles. The van der Waals surface area contributed by atoms with E-state index in [4.69, 9.17) is 14.6 Å². The summed E-state index contributed by atoms with van der Waals surface area (Å²) < 4.78 is 23.5. The minimum absolute atomic E-state index is 0.279. The van der Waals surface area contributed by atoms with Gasteiger partial charge in [-0.05, 0) is 0 Å². The summed E-state index contributed by atoms with van der Waals surface area (Å²) in [5.41, 5.74) is 1.76. The summed E-state index contributed by atoms with van der Waals surface area (Å²) in [7, 11) is 3.61. The molecule has 0 aliphatic carbocycles.